The van der Waals surface area contributed by atoms with Crippen molar-refractivity contribution in [3.8, 4) is 0 Å². The van der Waals surface area contributed by atoms with Gasteiger partial charge in [-0.15, -0.1) is 0 Å². The van der Waals surface area contributed by atoms with Crippen molar-refractivity contribution in [2.45, 2.75) is 18.3 Å². The Bertz CT molecular complexity index is 787. The maximum atomic E-state index is 13.3. The molecule has 4 rings (SSSR count). The lowest BCUT2D eigenvalue weighted by Gasteiger charge is -2.34. The largest absolute Gasteiger partial charge is 0.381 e. The number of rotatable bonds is 3. The molecule has 0 radical (unpaired) electrons. The van der Waals surface area contributed by atoms with Crippen molar-refractivity contribution < 1.29 is 13.9 Å². The third kappa shape index (κ3) is 3.12. The van der Waals surface area contributed by atoms with Crippen molar-refractivity contribution in [2.75, 3.05) is 36.5 Å². The molecule has 2 aliphatic heterocycles. The number of halogens is 1. The molecule has 2 aromatic carbocycles. The number of nitrogens with one attached hydrogen (secondary N) is 1. The molecule has 5 heteroatoms. The number of hydrogen-bond donors (Lipinski definition) is 1. The van der Waals surface area contributed by atoms with Crippen LogP contribution in [0.5, 0.6) is 0 Å². The first kappa shape index (κ1) is 16.1. The van der Waals surface area contributed by atoms with Crippen LogP contribution in [0.4, 0.5) is 15.8 Å². The highest BCUT2D eigenvalue weighted by Crippen LogP contribution is 2.46. The van der Waals surface area contributed by atoms with Gasteiger partial charge in [0.15, 0.2) is 0 Å². The molecule has 2 aromatic rings. The van der Waals surface area contributed by atoms with Gasteiger partial charge in [0, 0.05) is 36.5 Å². The smallest absolute Gasteiger partial charge is 0.243 e. The molecule has 1 saturated heterocycles. The third-order valence-corrected chi connectivity index (χ3v) is 5.20. The van der Waals surface area contributed by atoms with Gasteiger partial charge in [-0.2, -0.15) is 0 Å². The van der Waals surface area contributed by atoms with Crippen LogP contribution in [0, 0.1) is 5.82 Å². The predicted octanol–water partition coefficient (Wildman–Crippen LogP) is 3.33. The lowest BCUT2D eigenvalue weighted by Crippen LogP contribution is -2.41. The van der Waals surface area contributed by atoms with Crippen LogP contribution in [0.25, 0.3) is 0 Å². The Labute approximate surface area is 146 Å². The summed E-state index contributed by atoms with van der Waals surface area (Å²) >= 11 is 0. The zero-order valence-corrected chi connectivity index (χ0v) is 14.0. The van der Waals surface area contributed by atoms with Crippen molar-refractivity contribution in [2.24, 2.45) is 0 Å². The summed E-state index contributed by atoms with van der Waals surface area (Å²) in [5.41, 5.74) is 3.00. The maximum Gasteiger partial charge on any atom is 0.243 e. The van der Waals surface area contributed by atoms with E-state index in [1.54, 1.807) is 12.1 Å². The average molecular weight is 340 g/mol. The Balaban J connectivity index is 1.52. The number of benzene rings is 2. The minimum absolute atomic E-state index is 0.0774. The van der Waals surface area contributed by atoms with Crippen molar-refractivity contribution in [1.82, 2.24) is 0 Å². The van der Waals surface area contributed by atoms with Gasteiger partial charge in [0.1, 0.15) is 5.82 Å². The van der Waals surface area contributed by atoms with Gasteiger partial charge in [0.2, 0.25) is 5.91 Å². The average Bonchev–Trinajstić information content (AvgIpc) is 2.89. The Morgan fingerprint density at radius 1 is 1.16 bits per heavy atom. The maximum absolute atomic E-state index is 13.3. The number of carbonyl (C=O) groups excluding carboxylic acids is 1. The van der Waals surface area contributed by atoms with E-state index in [2.05, 4.69) is 28.4 Å². The van der Waals surface area contributed by atoms with Gasteiger partial charge in [0.25, 0.3) is 0 Å². The first-order valence-electron chi connectivity index (χ1n) is 8.64. The Kier molecular flexibility index (Phi) is 4.17. The topological polar surface area (TPSA) is 41.6 Å². The molecule has 2 heterocycles. The normalized spacial score (nSPS) is 18.2. The molecule has 0 bridgehead atoms. The predicted molar refractivity (Wildman–Crippen MR) is 95.4 cm³/mol. The lowest BCUT2D eigenvalue weighted by molar-refractivity contribution is -0.115. The van der Waals surface area contributed by atoms with Gasteiger partial charge >= 0.3 is 0 Å². The Morgan fingerprint density at radius 3 is 2.76 bits per heavy atom. The van der Waals surface area contributed by atoms with Crippen LogP contribution in [0.2, 0.25) is 0 Å². The molecule has 1 N–H and O–H groups in total. The molecular formula is C20H21FN2O2. The third-order valence-electron chi connectivity index (χ3n) is 5.20. The van der Waals surface area contributed by atoms with Gasteiger partial charge in [-0.3, -0.25) is 4.79 Å². The van der Waals surface area contributed by atoms with E-state index in [4.69, 9.17) is 4.74 Å². The molecule has 130 valence electrons. The van der Waals surface area contributed by atoms with E-state index < -0.39 is 0 Å². The molecule has 0 aliphatic carbocycles. The highest BCUT2D eigenvalue weighted by Gasteiger charge is 2.43. The fourth-order valence-corrected chi connectivity index (χ4v) is 4.00. The molecule has 4 nitrogen and oxygen atoms in total. The number of anilines is 2. The van der Waals surface area contributed by atoms with E-state index in [1.807, 2.05) is 6.07 Å². The molecule has 25 heavy (non-hydrogen) atoms. The number of fused-ring (bicyclic) bond motifs is 2. The van der Waals surface area contributed by atoms with Gasteiger partial charge < -0.3 is 15.0 Å². The summed E-state index contributed by atoms with van der Waals surface area (Å²) in [6, 6.07) is 14.3. The van der Waals surface area contributed by atoms with E-state index in [0.717, 1.165) is 38.3 Å². The van der Waals surface area contributed by atoms with Crippen LogP contribution >= 0.6 is 0 Å². The first-order chi connectivity index (χ1) is 12.2. The fourth-order valence-electron chi connectivity index (χ4n) is 4.00. The second-order valence-corrected chi connectivity index (χ2v) is 6.82. The molecule has 0 saturated carbocycles. The summed E-state index contributed by atoms with van der Waals surface area (Å²) in [4.78, 5) is 14.6. The number of hydrogen-bond acceptors (Lipinski definition) is 3. The minimum atomic E-state index is -0.356. The van der Waals surface area contributed by atoms with Crippen molar-refractivity contribution >= 4 is 17.3 Å². The van der Waals surface area contributed by atoms with Crippen LogP contribution < -0.4 is 10.2 Å². The lowest BCUT2D eigenvalue weighted by atomic mass is 9.76. The van der Waals surface area contributed by atoms with Crippen molar-refractivity contribution in [1.29, 1.82) is 0 Å². The summed E-state index contributed by atoms with van der Waals surface area (Å²) in [6.45, 7) is 2.61. The first-order valence-corrected chi connectivity index (χ1v) is 8.64. The molecule has 0 aromatic heterocycles. The number of amides is 1. The summed E-state index contributed by atoms with van der Waals surface area (Å²) in [7, 11) is 0. The molecule has 1 amide bonds. The minimum Gasteiger partial charge on any atom is -0.381 e. The van der Waals surface area contributed by atoms with Crippen LogP contribution in [0.15, 0.2) is 48.5 Å². The highest BCUT2D eigenvalue weighted by molar-refractivity contribution is 5.94. The SMILES string of the molecule is O=C(CN1CC2(CCOCC2)c2ccccc21)Nc1cccc(F)c1. The molecule has 0 unspecified atom stereocenters. The molecule has 1 fully saturated rings. The van der Waals surface area contributed by atoms with Crippen LogP contribution in [-0.2, 0) is 14.9 Å². The zero-order chi connectivity index (χ0) is 17.3. The molecule has 2 aliphatic rings. The van der Waals surface area contributed by atoms with Gasteiger partial charge in [-0.05, 0) is 42.7 Å². The molecule has 0 atom stereocenters. The second-order valence-electron chi connectivity index (χ2n) is 6.82. The summed E-state index contributed by atoms with van der Waals surface area (Å²) in [5, 5.41) is 2.79. The van der Waals surface area contributed by atoms with E-state index >= 15 is 0 Å². The van der Waals surface area contributed by atoms with E-state index in [9.17, 15) is 9.18 Å². The monoisotopic (exact) mass is 340 g/mol. The summed E-state index contributed by atoms with van der Waals surface area (Å²) in [5.74, 6) is -0.491. The van der Waals surface area contributed by atoms with Crippen molar-refractivity contribution in [3.63, 3.8) is 0 Å². The van der Waals surface area contributed by atoms with E-state index in [1.165, 1.54) is 17.7 Å². The Morgan fingerprint density at radius 2 is 1.96 bits per heavy atom. The number of ether oxygens (including phenoxy) is 1. The number of nitrogens with zero attached hydrogens (tertiary/aromatic N) is 1. The molecule has 1 spiro atoms. The number of para-hydroxylation sites is 1. The highest BCUT2D eigenvalue weighted by atomic mass is 19.1. The summed E-state index contributed by atoms with van der Waals surface area (Å²) in [6.07, 6.45) is 1.96. The Hall–Kier alpha value is -2.40. The van der Waals surface area contributed by atoms with Crippen LogP contribution in [0.1, 0.15) is 18.4 Å². The standard InChI is InChI=1S/C20H21FN2O2/c21-15-4-3-5-16(12-15)22-19(24)13-23-14-20(8-10-25-11-9-20)17-6-1-2-7-18(17)23/h1-7,12H,8-11,13-14H2,(H,22,24). The second kappa shape index (κ2) is 6.48. The van der Waals surface area contributed by atoms with E-state index in [0.29, 0.717) is 5.69 Å². The van der Waals surface area contributed by atoms with Crippen molar-refractivity contribution in [3.05, 3.63) is 59.9 Å². The van der Waals surface area contributed by atoms with Gasteiger partial charge in [0.05, 0.1) is 6.54 Å². The van der Waals surface area contributed by atoms with E-state index in [-0.39, 0.29) is 23.7 Å². The zero-order valence-electron chi connectivity index (χ0n) is 14.0. The van der Waals surface area contributed by atoms with Gasteiger partial charge in [-0.25, -0.2) is 4.39 Å². The van der Waals surface area contributed by atoms with Gasteiger partial charge in [-0.1, -0.05) is 24.3 Å². The van der Waals surface area contributed by atoms with Crippen LogP contribution in [-0.4, -0.2) is 32.2 Å². The van der Waals surface area contributed by atoms with Crippen LogP contribution in [0.3, 0.4) is 0 Å². The quantitative estimate of drug-likeness (QED) is 0.932. The number of carbonyl (C=O) groups is 1. The fraction of sp³-hybridized carbons (Fsp3) is 0.350. The summed E-state index contributed by atoms with van der Waals surface area (Å²) < 4.78 is 18.8. The molecular weight excluding hydrogens is 319 g/mol.